The Hall–Kier alpha value is -2.39. The Morgan fingerprint density at radius 2 is 1.88 bits per heavy atom. The molecule has 0 saturated carbocycles. The fraction of sp³-hybridized carbons (Fsp3) is 0.526. The summed E-state index contributed by atoms with van der Waals surface area (Å²) in [6.07, 6.45) is 2.47. The third kappa shape index (κ3) is 8.87. The highest BCUT2D eigenvalue weighted by Crippen LogP contribution is 2.09. The molecule has 1 atom stereocenters. The predicted octanol–water partition coefficient (Wildman–Crippen LogP) is 2.06. The van der Waals surface area contributed by atoms with Gasteiger partial charge in [-0.05, 0) is 57.7 Å². The lowest BCUT2D eigenvalue weighted by atomic mass is 10.1. The molecule has 0 heterocycles. The van der Waals surface area contributed by atoms with E-state index < -0.39 is 17.6 Å². The van der Waals surface area contributed by atoms with E-state index in [1.165, 1.54) is 0 Å². The van der Waals surface area contributed by atoms with Crippen LogP contribution in [0, 0.1) is 11.3 Å². The van der Waals surface area contributed by atoms with Gasteiger partial charge in [0.05, 0.1) is 24.1 Å². The number of nitrogens with two attached hydrogens (primary N) is 1. The van der Waals surface area contributed by atoms with Gasteiger partial charge in [-0.15, -0.1) is 0 Å². The Kier molecular flexibility index (Phi) is 8.09. The predicted molar refractivity (Wildman–Crippen MR) is 95.5 cm³/mol. The summed E-state index contributed by atoms with van der Waals surface area (Å²) in [6, 6.07) is 8.67. The second kappa shape index (κ2) is 9.80. The zero-order valence-electron chi connectivity index (χ0n) is 15.2. The summed E-state index contributed by atoms with van der Waals surface area (Å²) in [7, 11) is 0. The number of esters is 1. The van der Waals surface area contributed by atoms with Crippen molar-refractivity contribution in [2.75, 3.05) is 6.54 Å². The van der Waals surface area contributed by atoms with Crippen LogP contribution in [0.25, 0.3) is 0 Å². The third-order valence-electron chi connectivity index (χ3n) is 3.42. The molecule has 0 radical (unpaired) electrons. The van der Waals surface area contributed by atoms with Crippen LogP contribution in [0.3, 0.4) is 0 Å². The third-order valence-corrected chi connectivity index (χ3v) is 3.42. The number of unbranched alkanes of at least 4 members (excludes halogenated alkanes) is 1. The maximum atomic E-state index is 11.9. The zero-order chi connectivity index (χ0) is 18.9. The molecule has 0 bridgehead atoms. The minimum atomic E-state index is -0.895. The standard InChI is InChI=1S/C19H27N3O3/c1-19(2,3)25-17(23)12-16(21)18(24)22-11-5-4-6-14-7-9-15(13-20)10-8-14/h7-10,16H,4-6,11-12,21H2,1-3H3,(H,22,24)/t16-/m1/s1. The largest absolute Gasteiger partial charge is 0.460 e. The molecule has 25 heavy (non-hydrogen) atoms. The lowest BCUT2D eigenvalue weighted by Crippen LogP contribution is -2.43. The summed E-state index contributed by atoms with van der Waals surface area (Å²) in [5.74, 6) is -0.819. The monoisotopic (exact) mass is 345 g/mol. The number of amides is 1. The number of nitriles is 1. The second-order valence-corrected chi connectivity index (χ2v) is 6.95. The normalized spacial score (nSPS) is 12.1. The topological polar surface area (TPSA) is 105 Å². The van der Waals surface area contributed by atoms with Crippen LogP contribution < -0.4 is 11.1 Å². The van der Waals surface area contributed by atoms with Gasteiger partial charge >= 0.3 is 5.97 Å². The molecule has 1 aromatic rings. The van der Waals surface area contributed by atoms with Gasteiger partial charge in [-0.3, -0.25) is 9.59 Å². The first-order valence-electron chi connectivity index (χ1n) is 8.45. The fourth-order valence-electron chi connectivity index (χ4n) is 2.20. The van der Waals surface area contributed by atoms with Gasteiger partial charge in [0, 0.05) is 6.54 Å². The maximum absolute atomic E-state index is 11.9. The van der Waals surface area contributed by atoms with Crippen LogP contribution in [0.15, 0.2) is 24.3 Å². The summed E-state index contributed by atoms with van der Waals surface area (Å²) in [5, 5.41) is 11.5. The molecule has 6 heteroatoms. The average Bonchev–Trinajstić information content (AvgIpc) is 2.53. The molecule has 0 fully saturated rings. The molecular formula is C19H27N3O3. The number of benzene rings is 1. The van der Waals surface area contributed by atoms with E-state index in [-0.39, 0.29) is 12.3 Å². The molecule has 136 valence electrons. The number of rotatable bonds is 8. The highest BCUT2D eigenvalue weighted by Gasteiger charge is 2.22. The van der Waals surface area contributed by atoms with Crippen molar-refractivity contribution in [2.24, 2.45) is 5.73 Å². The summed E-state index contributed by atoms with van der Waals surface area (Å²) >= 11 is 0. The Balaban J connectivity index is 2.21. The van der Waals surface area contributed by atoms with Crippen molar-refractivity contribution in [3.05, 3.63) is 35.4 Å². The first-order valence-corrected chi connectivity index (χ1v) is 8.45. The minimum absolute atomic E-state index is 0.131. The number of aryl methyl sites for hydroxylation is 1. The number of carbonyl (C=O) groups excluding carboxylic acids is 2. The highest BCUT2D eigenvalue weighted by molar-refractivity contribution is 5.86. The lowest BCUT2D eigenvalue weighted by Gasteiger charge is -2.20. The van der Waals surface area contributed by atoms with Crippen LogP contribution in [0.2, 0.25) is 0 Å². The first kappa shape index (κ1) is 20.7. The van der Waals surface area contributed by atoms with Crippen LogP contribution in [0.1, 0.15) is 51.2 Å². The van der Waals surface area contributed by atoms with E-state index in [0.29, 0.717) is 12.1 Å². The van der Waals surface area contributed by atoms with Gasteiger partial charge in [0.25, 0.3) is 0 Å². The van der Waals surface area contributed by atoms with Gasteiger partial charge in [-0.2, -0.15) is 5.26 Å². The molecule has 0 aliphatic carbocycles. The Bertz CT molecular complexity index is 612. The van der Waals surface area contributed by atoms with Crippen LogP contribution in [0.4, 0.5) is 0 Å². The number of hydrogen-bond donors (Lipinski definition) is 2. The van der Waals surface area contributed by atoms with Crippen LogP contribution in [-0.4, -0.2) is 30.1 Å². The van der Waals surface area contributed by atoms with Crippen molar-refractivity contribution in [1.82, 2.24) is 5.32 Å². The van der Waals surface area contributed by atoms with E-state index in [1.807, 2.05) is 12.1 Å². The van der Waals surface area contributed by atoms with Gasteiger partial charge in [0.2, 0.25) is 5.91 Å². The van der Waals surface area contributed by atoms with Gasteiger partial charge in [-0.1, -0.05) is 12.1 Å². The van der Waals surface area contributed by atoms with Crippen molar-refractivity contribution < 1.29 is 14.3 Å². The zero-order valence-corrected chi connectivity index (χ0v) is 15.2. The van der Waals surface area contributed by atoms with Crippen molar-refractivity contribution >= 4 is 11.9 Å². The summed E-state index contributed by atoms with van der Waals surface area (Å²) in [4.78, 5) is 23.5. The quantitative estimate of drug-likeness (QED) is 0.554. The molecule has 0 aliphatic rings. The molecule has 1 rings (SSSR count). The number of nitrogens with zero attached hydrogens (tertiary/aromatic N) is 1. The molecule has 6 nitrogen and oxygen atoms in total. The molecule has 1 amide bonds. The first-order chi connectivity index (χ1) is 11.7. The molecule has 0 spiro atoms. The molecule has 3 N–H and O–H groups in total. The molecule has 0 aliphatic heterocycles. The summed E-state index contributed by atoms with van der Waals surface area (Å²) in [5.41, 5.74) is 6.95. The van der Waals surface area contributed by atoms with Crippen molar-refractivity contribution in [1.29, 1.82) is 5.26 Å². The number of nitrogens with one attached hydrogen (secondary N) is 1. The molecule has 0 aromatic heterocycles. The maximum Gasteiger partial charge on any atom is 0.308 e. The van der Waals surface area contributed by atoms with Crippen LogP contribution in [-0.2, 0) is 20.7 Å². The number of hydrogen-bond acceptors (Lipinski definition) is 5. The molecular weight excluding hydrogens is 318 g/mol. The molecule has 0 saturated heterocycles. The Labute approximate surface area is 149 Å². The van der Waals surface area contributed by atoms with Crippen molar-refractivity contribution in [3.8, 4) is 6.07 Å². The second-order valence-electron chi connectivity index (χ2n) is 6.95. The van der Waals surface area contributed by atoms with E-state index in [2.05, 4.69) is 11.4 Å². The lowest BCUT2D eigenvalue weighted by molar-refractivity contribution is -0.156. The Morgan fingerprint density at radius 3 is 2.44 bits per heavy atom. The molecule has 0 unspecified atom stereocenters. The van der Waals surface area contributed by atoms with E-state index in [9.17, 15) is 9.59 Å². The number of carbonyl (C=O) groups is 2. The van der Waals surface area contributed by atoms with Crippen molar-refractivity contribution in [3.63, 3.8) is 0 Å². The smallest absolute Gasteiger partial charge is 0.308 e. The minimum Gasteiger partial charge on any atom is -0.460 e. The van der Waals surface area contributed by atoms with E-state index in [4.69, 9.17) is 15.7 Å². The van der Waals surface area contributed by atoms with Crippen LogP contribution >= 0.6 is 0 Å². The Morgan fingerprint density at radius 1 is 1.24 bits per heavy atom. The van der Waals surface area contributed by atoms with E-state index in [1.54, 1.807) is 32.9 Å². The van der Waals surface area contributed by atoms with Crippen molar-refractivity contribution in [2.45, 2.75) is 58.1 Å². The van der Waals surface area contributed by atoms with E-state index >= 15 is 0 Å². The van der Waals surface area contributed by atoms with Gasteiger partial charge < -0.3 is 15.8 Å². The highest BCUT2D eigenvalue weighted by atomic mass is 16.6. The number of ether oxygens (including phenoxy) is 1. The average molecular weight is 345 g/mol. The van der Waals surface area contributed by atoms with Gasteiger partial charge in [0.15, 0.2) is 0 Å². The van der Waals surface area contributed by atoms with Crippen LogP contribution in [0.5, 0.6) is 0 Å². The van der Waals surface area contributed by atoms with Gasteiger partial charge in [0.1, 0.15) is 5.60 Å². The SMILES string of the molecule is CC(C)(C)OC(=O)C[C@@H](N)C(=O)NCCCCc1ccc(C#N)cc1. The summed E-state index contributed by atoms with van der Waals surface area (Å²) < 4.78 is 5.15. The van der Waals surface area contributed by atoms with E-state index in [0.717, 1.165) is 24.8 Å². The molecule has 1 aromatic carbocycles. The summed E-state index contributed by atoms with van der Waals surface area (Å²) in [6.45, 7) is 5.82. The fourth-order valence-corrected chi connectivity index (χ4v) is 2.20. The van der Waals surface area contributed by atoms with Gasteiger partial charge in [-0.25, -0.2) is 0 Å².